The molecule has 0 heterocycles. The molecule has 0 aliphatic carbocycles. The van der Waals surface area contributed by atoms with E-state index in [0.717, 1.165) is 0 Å². The number of amides is 1. The largest absolute Gasteiger partial charge is 0.443 e. The Balaban J connectivity index is 2.94. The summed E-state index contributed by atoms with van der Waals surface area (Å²) in [5.41, 5.74) is -0.387. The van der Waals surface area contributed by atoms with Gasteiger partial charge < -0.3 is 4.74 Å². The number of hydrazone groups is 1. The second-order valence-electron chi connectivity index (χ2n) is 4.86. The molecule has 116 valence electrons. The van der Waals surface area contributed by atoms with Crippen molar-refractivity contribution < 1.29 is 31.5 Å². The Morgan fingerprint density at radius 3 is 1.86 bits per heavy atom. The summed E-state index contributed by atoms with van der Waals surface area (Å²) < 4.78 is 69.8. The van der Waals surface area contributed by atoms with Crippen LogP contribution in [0.25, 0.3) is 0 Å². The van der Waals surface area contributed by atoms with Crippen molar-refractivity contribution in [3.8, 4) is 0 Å². The molecule has 0 aromatic heterocycles. The van der Waals surface area contributed by atoms with Crippen LogP contribution in [-0.2, 0) is 4.74 Å². The number of nitrogens with zero attached hydrogens (tertiary/aromatic N) is 1. The quantitative estimate of drug-likeness (QED) is 0.300. The molecule has 0 fully saturated rings. The highest BCUT2D eigenvalue weighted by molar-refractivity contribution is 5.81. The molecular formula is C12H11F5N2O2. The molecule has 21 heavy (non-hydrogen) atoms. The highest BCUT2D eigenvalue weighted by Crippen LogP contribution is 2.21. The normalized spacial score (nSPS) is 11.8. The van der Waals surface area contributed by atoms with Gasteiger partial charge in [-0.15, -0.1) is 0 Å². The first-order valence-corrected chi connectivity index (χ1v) is 5.58. The van der Waals surface area contributed by atoms with Gasteiger partial charge in [0.2, 0.25) is 5.82 Å². The number of nitrogens with one attached hydrogen (secondary N) is 1. The summed E-state index contributed by atoms with van der Waals surface area (Å²) >= 11 is 0. The maximum absolute atomic E-state index is 13.2. The van der Waals surface area contributed by atoms with Crippen LogP contribution in [0.4, 0.5) is 26.7 Å². The number of hydrogen-bond donors (Lipinski definition) is 1. The van der Waals surface area contributed by atoms with Crippen LogP contribution < -0.4 is 5.43 Å². The zero-order chi connectivity index (χ0) is 16.4. The lowest BCUT2D eigenvalue weighted by atomic mass is 10.2. The van der Waals surface area contributed by atoms with E-state index >= 15 is 0 Å². The third-order valence-corrected chi connectivity index (χ3v) is 1.99. The highest BCUT2D eigenvalue weighted by atomic mass is 19.2. The summed E-state index contributed by atoms with van der Waals surface area (Å²) in [7, 11) is 0. The third kappa shape index (κ3) is 4.14. The number of hydrogen-bond acceptors (Lipinski definition) is 3. The summed E-state index contributed by atoms with van der Waals surface area (Å²) in [6.07, 6.45) is -0.761. The maximum Gasteiger partial charge on any atom is 0.428 e. The highest BCUT2D eigenvalue weighted by Gasteiger charge is 2.24. The van der Waals surface area contributed by atoms with Crippen LogP contribution in [0.1, 0.15) is 26.3 Å². The summed E-state index contributed by atoms with van der Waals surface area (Å²) in [5.74, 6) is -10.6. The lowest BCUT2D eigenvalue weighted by Gasteiger charge is -2.18. The molecule has 1 N–H and O–H groups in total. The third-order valence-electron chi connectivity index (χ3n) is 1.99. The van der Waals surface area contributed by atoms with Gasteiger partial charge in [0, 0.05) is 0 Å². The summed E-state index contributed by atoms with van der Waals surface area (Å²) in [6.45, 7) is 4.67. The Morgan fingerprint density at radius 1 is 1.00 bits per heavy atom. The Labute approximate surface area is 116 Å². The molecule has 0 unspecified atom stereocenters. The van der Waals surface area contributed by atoms with Crippen LogP contribution in [0.3, 0.4) is 0 Å². The van der Waals surface area contributed by atoms with Crippen molar-refractivity contribution in [1.29, 1.82) is 0 Å². The second-order valence-corrected chi connectivity index (χ2v) is 4.86. The van der Waals surface area contributed by atoms with Crippen LogP contribution in [-0.4, -0.2) is 17.9 Å². The molecule has 0 atom stereocenters. The van der Waals surface area contributed by atoms with E-state index in [0.29, 0.717) is 6.21 Å². The molecule has 1 rings (SSSR count). The lowest BCUT2D eigenvalue weighted by molar-refractivity contribution is 0.0529. The molecule has 1 aromatic carbocycles. The van der Waals surface area contributed by atoms with E-state index in [1.54, 1.807) is 26.2 Å². The Hall–Kier alpha value is -2.19. The van der Waals surface area contributed by atoms with Crippen LogP contribution in [0.5, 0.6) is 0 Å². The van der Waals surface area contributed by atoms with Crippen molar-refractivity contribution in [2.24, 2.45) is 5.10 Å². The zero-order valence-corrected chi connectivity index (χ0v) is 11.2. The number of ether oxygens (including phenoxy) is 1. The Bertz CT molecular complexity index is 567. The number of benzene rings is 1. The van der Waals surface area contributed by atoms with Gasteiger partial charge in [0.05, 0.1) is 11.8 Å². The molecule has 1 aromatic rings. The van der Waals surface area contributed by atoms with Crippen LogP contribution >= 0.6 is 0 Å². The molecule has 0 spiro atoms. The summed E-state index contributed by atoms with van der Waals surface area (Å²) in [4.78, 5) is 11.2. The maximum atomic E-state index is 13.2. The molecule has 0 saturated heterocycles. The minimum atomic E-state index is -2.28. The first-order chi connectivity index (χ1) is 9.54. The molecule has 0 aliphatic heterocycles. The van der Waals surface area contributed by atoms with Gasteiger partial charge in [0.25, 0.3) is 0 Å². The van der Waals surface area contributed by atoms with E-state index < -0.39 is 46.3 Å². The average molecular weight is 310 g/mol. The number of rotatable bonds is 2. The molecule has 4 nitrogen and oxygen atoms in total. The summed E-state index contributed by atoms with van der Waals surface area (Å²) in [5, 5.41) is 3.07. The first-order valence-electron chi connectivity index (χ1n) is 5.58. The van der Waals surface area contributed by atoms with Crippen molar-refractivity contribution in [2.75, 3.05) is 0 Å². The molecular weight excluding hydrogens is 299 g/mol. The zero-order valence-electron chi connectivity index (χ0n) is 11.2. The number of carbonyl (C=O) groups is 1. The smallest absolute Gasteiger partial charge is 0.428 e. The van der Waals surface area contributed by atoms with Gasteiger partial charge >= 0.3 is 6.09 Å². The van der Waals surface area contributed by atoms with Crippen LogP contribution in [0.2, 0.25) is 0 Å². The monoisotopic (exact) mass is 310 g/mol. The fraction of sp³-hybridized carbons (Fsp3) is 0.333. The van der Waals surface area contributed by atoms with Crippen molar-refractivity contribution in [2.45, 2.75) is 26.4 Å². The fourth-order valence-corrected chi connectivity index (χ4v) is 1.19. The van der Waals surface area contributed by atoms with Gasteiger partial charge in [-0.2, -0.15) is 5.10 Å². The Morgan fingerprint density at radius 2 is 1.43 bits per heavy atom. The molecule has 1 amide bonds. The minimum absolute atomic E-state index is 0.292. The predicted octanol–water partition coefficient (Wildman–Crippen LogP) is 3.24. The first kappa shape index (κ1) is 16.9. The van der Waals surface area contributed by atoms with Crippen molar-refractivity contribution >= 4 is 12.3 Å². The topological polar surface area (TPSA) is 50.7 Å². The van der Waals surface area contributed by atoms with E-state index in [4.69, 9.17) is 4.74 Å². The standard InChI is InChI=1S/C12H11F5N2O2/c1-12(2,3)21-11(20)19-18-4-5-6(13)8(15)10(17)9(16)7(5)14/h4H,1-3H3,(H,19,20). The van der Waals surface area contributed by atoms with Gasteiger partial charge in [-0.1, -0.05) is 0 Å². The van der Waals surface area contributed by atoms with Crippen LogP contribution in [0, 0.1) is 29.1 Å². The van der Waals surface area contributed by atoms with Crippen molar-refractivity contribution in [3.05, 3.63) is 34.6 Å². The van der Waals surface area contributed by atoms with Gasteiger partial charge in [-0.05, 0) is 20.8 Å². The van der Waals surface area contributed by atoms with Crippen molar-refractivity contribution in [3.63, 3.8) is 0 Å². The fourth-order valence-electron chi connectivity index (χ4n) is 1.19. The molecule has 0 radical (unpaired) electrons. The molecule has 0 bridgehead atoms. The van der Waals surface area contributed by atoms with Gasteiger partial charge in [-0.25, -0.2) is 32.2 Å². The van der Waals surface area contributed by atoms with E-state index in [9.17, 15) is 26.7 Å². The molecule has 9 heteroatoms. The van der Waals surface area contributed by atoms with E-state index in [2.05, 4.69) is 5.10 Å². The van der Waals surface area contributed by atoms with Gasteiger partial charge in [0.1, 0.15) is 5.60 Å². The van der Waals surface area contributed by atoms with Gasteiger partial charge in [-0.3, -0.25) is 0 Å². The number of carbonyl (C=O) groups excluding carboxylic acids is 1. The minimum Gasteiger partial charge on any atom is -0.443 e. The SMILES string of the molecule is CC(C)(C)OC(=O)NN=Cc1c(F)c(F)c(F)c(F)c1F. The lowest BCUT2D eigenvalue weighted by Crippen LogP contribution is -2.29. The van der Waals surface area contributed by atoms with Crippen molar-refractivity contribution in [1.82, 2.24) is 5.43 Å². The summed E-state index contributed by atoms with van der Waals surface area (Å²) in [6, 6.07) is 0. The average Bonchev–Trinajstić information content (AvgIpc) is 2.36. The van der Waals surface area contributed by atoms with Crippen LogP contribution in [0.15, 0.2) is 5.10 Å². The van der Waals surface area contributed by atoms with E-state index in [1.807, 2.05) is 0 Å². The predicted molar refractivity (Wildman–Crippen MR) is 63.2 cm³/mol. The Kier molecular flexibility index (Phi) is 4.87. The molecule has 0 aliphatic rings. The van der Waals surface area contributed by atoms with E-state index in [-0.39, 0.29) is 0 Å². The van der Waals surface area contributed by atoms with Gasteiger partial charge in [0.15, 0.2) is 23.3 Å². The molecule has 0 saturated carbocycles. The van der Waals surface area contributed by atoms with E-state index in [1.165, 1.54) is 0 Å². The number of halogens is 5. The second kappa shape index (κ2) is 6.06.